The lowest BCUT2D eigenvalue weighted by Crippen LogP contribution is -2.11. The quantitative estimate of drug-likeness (QED) is 0.162. The molecule has 2 nitrogen and oxygen atoms in total. The number of nitrogens with zero attached hydrogens (tertiary/aromatic N) is 1. The first-order chi connectivity index (χ1) is 28.7. The number of fused-ring (bicyclic) bond motifs is 6. The zero-order chi connectivity index (χ0) is 38.4. The number of hydrogen-bond donors (Lipinski definition) is 0. The molecule has 0 saturated carbocycles. The normalized spacial score (nSPS) is 11.4. The predicted molar refractivity (Wildman–Crippen MR) is 245 cm³/mol. The fourth-order valence-corrected chi connectivity index (χ4v) is 8.54. The second-order valence-electron chi connectivity index (χ2n) is 14.9. The van der Waals surface area contributed by atoms with E-state index >= 15 is 0 Å². The molecular weight excluding hydrogens is 703 g/mol. The van der Waals surface area contributed by atoms with Gasteiger partial charge in [-0.2, -0.15) is 0 Å². The van der Waals surface area contributed by atoms with E-state index in [1.54, 1.807) is 0 Å². The Morgan fingerprint density at radius 3 is 1.66 bits per heavy atom. The van der Waals surface area contributed by atoms with Crippen molar-refractivity contribution in [2.24, 2.45) is 0 Å². The lowest BCUT2D eigenvalue weighted by Gasteiger charge is -2.28. The lowest BCUT2D eigenvalue weighted by atomic mass is 9.96. The van der Waals surface area contributed by atoms with Crippen LogP contribution in [0, 0.1) is 0 Å². The average Bonchev–Trinajstić information content (AvgIpc) is 3.69. The third-order valence-electron chi connectivity index (χ3n) is 11.5. The van der Waals surface area contributed by atoms with Crippen molar-refractivity contribution in [1.82, 2.24) is 0 Å². The predicted octanol–water partition coefficient (Wildman–Crippen LogP) is 16.0. The van der Waals surface area contributed by atoms with Gasteiger partial charge in [-0.1, -0.05) is 164 Å². The Morgan fingerprint density at radius 1 is 0.293 bits per heavy atom. The molecule has 0 saturated heterocycles. The molecule has 0 aliphatic heterocycles. The Bertz CT molecular complexity index is 3270. The highest BCUT2D eigenvalue weighted by Crippen LogP contribution is 2.43. The van der Waals surface area contributed by atoms with Gasteiger partial charge < -0.3 is 9.32 Å². The van der Waals surface area contributed by atoms with Crippen LogP contribution in [0.15, 0.2) is 229 Å². The Hall–Kier alpha value is -7.68. The minimum absolute atomic E-state index is 0.913. The molecule has 10 aromatic carbocycles. The summed E-state index contributed by atoms with van der Waals surface area (Å²) in [6.07, 6.45) is 0. The smallest absolute Gasteiger partial charge is 0.136 e. The van der Waals surface area contributed by atoms with Crippen LogP contribution in [0.4, 0.5) is 17.1 Å². The molecule has 0 aliphatic rings. The third kappa shape index (κ3) is 6.00. The minimum Gasteiger partial charge on any atom is -0.456 e. The molecule has 0 spiro atoms. The summed E-state index contributed by atoms with van der Waals surface area (Å²) in [5.74, 6) is 0. The third-order valence-corrected chi connectivity index (χ3v) is 11.5. The highest BCUT2D eigenvalue weighted by Gasteiger charge is 2.19. The molecule has 58 heavy (non-hydrogen) atoms. The number of rotatable bonds is 7. The van der Waals surface area contributed by atoms with Crippen LogP contribution in [-0.2, 0) is 0 Å². The zero-order valence-electron chi connectivity index (χ0n) is 31.7. The number of benzene rings is 10. The summed E-state index contributed by atoms with van der Waals surface area (Å²) < 4.78 is 6.23. The van der Waals surface area contributed by atoms with Crippen molar-refractivity contribution in [3.05, 3.63) is 224 Å². The first kappa shape index (κ1) is 33.6. The molecule has 0 fully saturated rings. The molecule has 1 heterocycles. The van der Waals surface area contributed by atoms with E-state index in [4.69, 9.17) is 4.42 Å². The van der Waals surface area contributed by atoms with Gasteiger partial charge in [-0.15, -0.1) is 0 Å². The average molecular weight is 740 g/mol. The van der Waals surface area contributed by atoms with Gasteiger partial charge in [-0.25, -0.2) is 0 Å². The van der Waals surface area contributed by atoms with Gasteiger partial charge in [0.2, 0.25) is 0 Å². The maximum absolute atomic E-state index is 6.23. The molecule has 1 aromatic heterocycles. The molecule has 0 amide bonds. The largest absolute Gasteiger partial charge is 0.456 e. The van der Waals surface area contributed by atoms with Crippen molar-refractivity contribution in [3.63, 3.8) is 0 Å². The summed E-state index contributed by atoms with van der Waals surface area (Å²) in [6, 6.07) is 80.8. The van der Waals surface area contributed by atoms with Gasteiger partial charge >= 0.3 is 0 Å². The van der Waals surface area contributed by atoms with Crippen molar-refractivity contribution in [2.45, 2.75) is 0 Å². The standard InChI is InChI=1S/C56H37NO/c1-2-11-38(12-3-1)40-23-29-48(30-24-40)57(49-31-25-41(26-32-49)43-15-10-16-44(35-43)45-22-21-39-13-4-5-14-42(39)36-45)53-19-8-6-17-50(53)46-27-33-51-47(37-46)28-34-55-56(51)52-18-7-9-20-54(52)58-55/h1-37H. The minimum atomic E-state index is 0.913. The number of furan rings is 1. The topological polar surface area (TPSA) is 16.4 Å². The summed E-state index contributed by atoms with van der Waals surface area (Å²) in [5, 5.41) is 7.18. The molecule has 0 aliphatic carbocycles. The molecule has 0 bridgehead atoms. The number of anilines is 3. The van der Waals surface area contributed by atoms with Crippen LogP contribution in [0.1, 0.15) is 0 Å². The molecule has 0 unspecified atom stereocenters. The Labute approximate surface area is 337 Å². The van der Waals surface area contributed by atoms with Crippen LogP contribution in [0.3, 0.4) is 0 Å². The summed E-state index contributed by atoms with van der Waals surface area (Å²) in [7, 11) is 0. The van der Waals surface area contributed by atoms with E-state index in [1.807, 2.05) is 12.1 Å². The molecule has 11 aromatic rings. The van der Waals surface area contributed by atoms with Crippen molar-refractivity contribution < 1.29 is 4.42 Å². The first-order valence-corrected chi connectivity index (χ1v) is 19.8. The van der Waals surface area contributed by atoms with Gasteiger partial charge in [0, 0.05) is 27.7 Å². The van der Waals surface area contributed by atoms with Gasteiger partial charge in [-0.3, -0.25) is 0 Å². The molecule has 0 radical (unpaired) electrons. The Kier molecular flexibility index (Phi) is 8.19. The summed E-state index contributed by atoms with van der Waals surface area (Å²) in [4.78, 5) is 2.39. The van der Waals surface area contributed by atoms with E-state index in [1.165, 1.54) is 54.9 Å². The van der Waals surface area contributed by atoms with Gasteiger partial charge in [0.05, 0.1) is 5.69 Å². The monoisotopic (exact) mass is 739 g/mol. The molecule has 272 valence electrons. The fraction of sp³-hybridized carbons (Fsp3) is 0. The van der Waals surface area contributed by atoms with Gasteiger partial charge in [0.1, 0.15) is 11.2 Å². The van der Waals surface area contributed by atoms with Gasteiger partial charge in [-0.05, 0) is 121 Å². The number of hydrogen-bond acceptors (Lipinski definition) is 2. The van der Waals surface area contributed by atoms with Crippen LogP contribution < -0.4 is 4.90 Å². The molecule has 0 N–H and O–H groups in total. The van der Waals surface area contributed by atoms with Crippen LogP contribution in [-0.4, -0.2) is 0 Å². The van der Waals surface area contributed by atoms with E-state index in [9.17, 15) is 0 Å². The van der Waals surface area contributed by atoms with Crippen molar-refractivity contribution >= 4 is 60.5 Å². The van der Waals surface area contributed by atoms with E-state index in [-0.39, 0.29) is 0 Å². The summed E-state index contributed by atoms with van der Waals surface area (Å²) in [6.45, 7) is 0. The molecule has 11 rings (SSSR count). The SMILES string of the molecule is c1ccc(-c2ccc(N(c3ccc(-c4cccc(-c5ccc6ccccc6c5)c4)cc3)c3ccccc3-c3ccc4c(ccc5oc6ccccc6c54)c3)cc2)cc1. The summed E-state index contributed by atoms with van der Waals surface area (Å²) >= 11 is 0. The van der Waals surface area contributed by atoms with Crippen LogP contribution >= 0.6 is 0 Å². The highest BCUT2D eigenvalue weighted by molar-refractivity contribution is 6.19. The molecular formula is C56H37NO. The van der Waals surface area contributed by atoms with Crippen LogP contribution in [0.5, 0.6) is 0 Å². The first-order valence-electron chi connectivity index (χ1n) is 19.8. The molecule has 0 atom stereocenters. The van der Waals surface area contributed by atoms with E-state index in [0.29, 0.717) is 0 Å². The lowest BCUT2D eigenvalue weighted by molar-refractivity contribution is 0.669. The Morgan fingerprint density at radius 2 is 0.845 bits per heavy atom. The second-order valence-corrected chi connectivity index (χ2v) is 14.9. The summed E-state index contributed by atoms with van der Waals surface area (Å²) in [5.41, 5.74) is 14.6. The van der Waals surface area contributed by atoms with E-state index in [2.05, 4.69) is 217 Å². The zero-order valence-corrected chi connectivity index (χ0v) is 31.7. The van der Waals surface area contributed by atoms with Crippen molar-refractivity contribution in [3.8, 4) is 44.5 Å². The fourth-order valence-electron chi connectivity index (χ4n) is 8.54. The van der Waals surface area contributed by atoms with Gasteiger partial charge in [0.15, 0.2) is 0 Å². The van der Waals surface area contributed by atoms with Crippen LogP contribution in [0.2, 0.25) is 0 Å². The van der Waals surface area contributed by atoms with Crippen molar-refractivity contribution in [1.29, 1.82) is 0 Å². The number of para-hydroxylation sites is 2. The molecule has 2 heteroatoms. The maximum Gasteiger partial charge on any atom is 0.136 e. The van der Waals surface area contributed by atoms with Crippen LogP contribution in [0.25, 0.3) is 88.0 Å². The second kappa shape index (κ2) is 14.1. The van der Waals surface area contributed by atoms with Crippen molar-refractivity contribution in [2.75, 3.05) is 4.90 Å². The van der Waals surface area contributed by atoms with Gasteiger partial charge in [0.25, 0.3) is 0 Å². The van der Waals surface area contributed by atoms with E-state index < -0.39 is 0 Å². The Balaban J connectivity index is 1.01. The maximum atomic E-state index is 6.23. The highest BCUT2D eigenvalue weighted by atomic mass is 16.3. The van der Waals surface area contributed by atoms with E-state index in [0.717, 1.165) is 50.1 Å².